The maximum atomic E-state index is 13.7. The maximum Gasteiger partial charge on any atom is 0.271 e. The predicted molar refractivity (Wildman–Crippen MR) is 91.6 cm³/mol. The summed E-state index contributed by atoms with van der Waals surface area (Å²) < 4.78 is 27.1. The van der Waals surface area contributed by atoms with Gasteiger partial charge in [-0.15, -0.1) is 0 Å². The van der Waals surface area contributed by atoms with Crippen molar-refractivity contribution in [2.24, 2.45) is 5.73 Å². The number of nitrogens with one attached hydrogen (secondary N) is 2. The van der Waals surface area contributed by atoms with Crippen molar-refractivity contribution in [2.45, 2.75) is 10.9 Å². The summed E-state index contributed by atoms with van der Waals surface area (Å²) in [5, 5.41) is 3.26. The van der Waals surface area contributed by atoms with Crippen molar-refractivity contribution in [1.82, 2.24) is 15.0 Å². The third-order valence-electron chi connectivity index (χ3n) is 3.05. The van der Waals surface area contributed by atoms with Crippen LogP contribution in [0.2, 0.25) is 0 Å². The van der Waals surface area contributed by atoms with Crippen LogP contribution in [-0.4, -0.2) is 27.4 Å². The zero-order valence-corrected chi connectivity index (χ0v) is 14.1. The number of H-pyrrole nitrogens is 1. The van der Waals surface area contributed by atoms with Crippen LogP contribution in [0, 0.1) is 11.6 Å². The highest BCUT2D eigenvalue weighted by molar-refractivity contribution is 7.98. The first-order chi connectivity index (χ1) is 11.9. The minimum atomic E-state index is -0.931. The van der Waals surface area contributed by atoms with E-state index in [1.807, 2.05) is 0 Å². The molecule has 11 heteroatoms. The second-order valence-electron chi connectivity index (χ2n) is 4.86. The molecule has 0 atom stereocenters. The van der Waals surface area contributed by atoms with Crippen molar-refractivity contribution in [2.75, 3.05) is 11.9 Å². The standard InChI is InChI=1S/C14H11F2N5O2S2/c15-7-3-1-2-6(9(7)16)5-24-14-20-11-10(12(23)21-14)25-13(19-11)18-4-8(17)22/h1-3H,4-5H2,(H2,17,22)(H2,18,19,20,21,23). The number of benzene rings is 1. The van der Waals surface area contributed by atoms with Crippen LogP contribution in [0.25, 0.3) is 10.3 Å². The number of fused-ring (bicyclic) bond motifs is 1. The normalized spacial score (nSPS) is 11.0. The number of carbonyl (C=O) groups excluding carboxylic acids is 1. The summed E-state index contributed by atoms with van der Waals surface area (Å²) in [5.41, 5.74) is 4.99. The number of rotatable bonds is 6. The number of hydrogen-bond acceptors (Lipinski definition) is 7. The summed E-state index contributed by atoms with van der Waals surface area (Å²) in [4.78, 5) is 33.7. The van der Waals surface area contributed by atoms with Gasteiger partial charge in [0.1, 0.15) is 4.70 Å². The Morgan fingerprint density at radius 2 is 2.16 bits per heavy atom. The number of amides is 1. The minimum Gasteiger partial charge on any atom is -0.368 e. The van der Waals surface area contributed by atoms with E-state index < -0.39 is 23.1 Å². The van der Waals surface area contributed by atoms with Crippen molar-refractivity contribution < 1.29 is 13.6 Å². The molecule has 0 aliphatic rings. The van der Waals surface area contributed by atoms with E-state index in [4.69, 9.17) is 5.73 Å². The Balaban J connectivity index is 1.81. The number of nitrogens with two attached hydrogens (primary N) is 1. The number of halogens is 2. The zero-order chi connectivity index (χ0) is 18.0. The van der Waals surface area contributed by atoms with Crippen LogP contribution in [-0.2, 0) is 10.5 Å². The fourth-order valence-corrected chi connectivity index (χ4v) is 3.55. The van der Waals surface area contributed by atoms with Crippen molar-refractivity contribution in [1.29, 1.82) is 0 Å². The van der Waals surface area contributed by atoms with E-state index in [2.05, 4.69) is 20.3 Å². The van der Waals surface area contributed by atoms with Crippen LogP contribution in [0.3, 0.4) is 0 Å². The molecule has 0 aliphatic carbocycles. The monoisotopic (exact) mass is 383 g/mol. The number of aromatic amines is 1. The summed E-state index contributed by atoms with van der Waals surface area (Å²) >= 11 is 2.09. The molecule has 0 saturated carbocycles. The smallest absolute Gasteiger partial charge is 0.271 e. The van der Waals surface area contributed by atoms with Crippen LogP contribution in [0.5, 0.6) is 0 Å². The number of thiazole rings is 1. The van der Waals surface area contributed by atoms with Crippen molar-refractivity contribution >= 4 is 44.5 Å². The quantitative estimate of drug-likeness (QED) is 0.442. The molecule has 0 radical (unpaired) electrons. The van der Waals surface area contributed by atoms with Gasteiger partial charge in [-0.2, -0.15) is 4.98 Å². The van der Waals surface area contributed by atoms with E-state index in [0.29, 0.717) is 5.13 Å². The zero-order valence-electron chi connectivity index (χ0n) is 12.5. The van der Waals surface area contributed by atoms with E-state index >= 15 is 0 Å². The summed E-state index contributed by atoms with van der Waals surface area (Å²) in [6.45, 7) is -0.113. The van der Waals surface area contributed by atoms with Gasteiger partial charge in [0.15, 0.2) is 27.6 Å². The van der Waals surface area contributed by atoms with Crippen LogP contribution in [0.15, 0.2) is 28.2 Å². The van der Waals surface area contributed by atoms with Crippen LogP contribution >= 0.6 is 23.1 Å². The lowest BCUT2D eigenvalue weighted by Crippen LogP contribution is -2.21. The first kappa shape index (κ1) is 17.3. The first-order valence-electron chi connectivity index (χ1n) is 6.93. The molecule has 3 aromatic rings. The van der Waals surface area contributed by atoms with Crippen molar-refractivity contribution in [3.63, 3.8) is 0 Å². The summed E-state index contributed by atoms with van der Waals surface area (Å²) in [6.07, 6.45) is 0. The molecule has 0 spiro atoms. The maximum absolute atomic E-state index is 13.7. The van der Waals surface area contributed by atoms with E-state index in [0.717, 1.165) is 29.2 Å². The van der Waals surface area contributed by atoms with Crippen LogP contribution < -0.4 is 16.6 Å². The average Bonchev–Trinajstić information content (AvgIpc) is 2.98. The number of carbonyl (C=O) groups is 1. The van der Waals surface area contributed by atoms with Gasteiger partial charge < -0.3 is 16.0 Å². The second-order valence-corrected chi connectivity index (χ2v) is 6.83. The van der Waals surface area contributed by atoms with Gasteiger partial charge in [0.25, 0.3) is 5.56 Å². The van der Waals surface area contributed by atoms with Gasteiger partial charge in [-0.3, -0.25) is 9.59 Å². The van der Waals surface area contributed by atoms with Crippen molar-refractivity contribution in [3.8, 4) is 0 Å². The molecule has 0 aliphatic heterocycles. The highest BCUT2D eigenvalue weighted by atomic mass is 32.2. The topological polar surface area (TPSA) is 114 Å². The Kier molecular flexibility index (Phi) is 4.95. The summed E-state index contributed by atoms with van der Waals surface area (Å²) in [7, 11) is 0. The molecular formula is C14H11F2N5O2S2. The minimum absolute atomic E-state index is 0.0922. The lowest BCUT2D eigenvalue weighted by atomic mass is 10.2. The molecule has 0 unspecified atom stereocenters. The van der Waals surface area contributed by atoms with Gasteiger partial charge in [0.05, 0.1) is 6.54 Å². The molecule has 0 fully saturated rings. The number of hydrogen-bond donors (Lipinski definition) is 3. The second kappa shape index (κ2) is 7.15. The number of thioether (sulfide) groups is 1. The molecule has 25 heavy (non-hydrogen) atoms. The van der Waals surface area contributed by atoms with E-state index in [-0.39, 0.29) is 33.4 Å². The van der Waals surface area contributed by atoms with Gasteiger partial charge in [-0.25, -0.2) is 13.8 Å². The molecule has 2 aromatic heterocycles. The van der Waals surface area contributed by atoms with Gasteiger partial charge in [-0.1, -0.05) is 35.2 Å². The average molecular weight is 383 g/mol. The Labute approximate surface area is 147 Å². The van der Waals surface area contributed by atoms with Crippen LogP contribution in [0.1, 0.15) is 5.56 Å². The fourth-order valence-electron chi connectivity index (χ4n) is 1.93. The molecule has 7 nitrogen and oxygen atoms in total. The lowest BCUT2D eigenvalue weighted by molar-refractivity contribution is -0.116. The molecule has 4 N–H and O–H groups in total. The van der Waals surface area contributed by atoms with E-state index in [9.17, 15) is 18.4 Å². The molecular weight excluding hydrogens is 372 g/mol. The SMILES string of the molecule is NC(=O)CNc1nc2nc(SCc3cccc(F)c3F)[nH]c(=O)c2s1. The molecule has 3 rings (SSSR count). The third-order valence-corrected chi connectivity index (χ3v) is 4.98. The van der Waals surface area contributed by atoms with E-state index in [1.54, 1.807) is 0 Å². The number of anilines is 1. The Hall–Kier alpha value is -2.53. The van der Waals surface area contributed by atoms with Gasteiger partial charge in [0.2, 0.25) is 5.91 Å². The molecule has 0 saturated heterocycles. The molecule has 1 amide bonds. The molecule has 2 heterocycles. The Bertz CT molecular complexity index is 1000. The summed E-state index contributed by atoms with van der Waals surface area (Å²) in [5.74, 6) is -2.33. The Morgan fingerprint density at radius 1 is 1.36 bits per heavy atom. The van der Waals surface area contributed by atoms with Crippen LogP contribution in [0.4, 0.5) is 13.9 Å². The predicted octanol–water partition coefficient (Wildman–Crippen LogP) is 1.85. The highest BCUT2D eigenvalue weighted by Crippen LogP contribution is 2.25. The fraction of sp³-hybridized carbons (Fsp3) is 0.143. The number of primary amides is 1. The van der Waals surface area contributed by atoms with Gasteiger partial charge in [-0.05, 0) is 6.07 Å². The van der Waals surface area contributed by atoms with E-state index in [1.165, 1.54) is 12.1 Å². The Morgan fingerprint density at radius 3 is 2.92 bits per heavy atom. The number of nitrogens with zero attached hydrogens (tertiary/aromatic N) is 2. The lowest BCUT2D eigenvalue weighted by Gasteiger charge is -2.03. The third kappa shape index (κ3) is 3.94. The van der Waals surface area contributed by atoms with Gasteiger partial charge in [0, 0.05) is 11.3 Å². The molecule has 130 valence electrons. The van der Waals surface area contributed by atoms with Gasteiger partial charge >= 0.3 is 0 Å². The first-order valence-corrected chi connectivity index (χ1v) is 8.73. The molecule has 1 aromatic carbocycles. The number of aromatic nitrogens is 3. The largest absolute Gasteiger partial charge is 0.368 e. The van der Waals surface area contributed by atoms with Crippen molar-refractivity contribution in [3.05, 3.63) is 45.8 Å². The summed E-state index contributed by atoms with van der Waals surface area (Å²) in [6, 6.07) is 3.90. The highest BCUT2D eigenvalue weighted by Gasteiger charge is 2.13. The molecule has 0 bridgehead atoms.